The lowest BCUT2D eigenvalue weighted by atomic mass is 9.98. The summed E-state index contributed by atoms with van der Waals surface area (Å²) in [6.45, 7) is 4.51. The third-order valence-electron chi connectivity index (χ3n) is 7.98. The number of methoxy groups -OCH3 is 1. The summed E-state index contributed by atoms with van der Waals surface area (Å²) < 4.78 is 46.2. The summed E-state index contributed by atoms with van der Waals surface area (Å²) in [6.07, 6.45) is -16.3. The van der Waals surface area contributed by atoms with Crippen LogP contribution >= 0.6 is 0 Å². The Labute approximate surface area is 232 Å². The maximum atomic E-state index is 10.9. The van der Waals surface area contributed by atoms with Crippen LogP contribution in [0.3, 0.4) is 0 Å². The molecule has 4 aliphatic heterocycles. The first-order chi connectivity index (χ1) is 18.9. The van der Waals surface area contributed by atoms with Crippen molar-refractivity contribution in [3.63, 3.8) is 0 Å². The fourth-order valence-corrected chi connectivity index (χ4v) is 5.74. The molecule has 4 fully saturated rings. The van der Waals surface area contributed by atoms with E-state index in [-0.39, 0.29) is 19.3 Å². The van der Waals surface area contributed by atoms with E-state index in [0.717, 1.165) is 0 Å². The lowest BCUT2D eigenvalue weighted by Gasteiger charge is -2.46. The molecule has 0 radical (unpaired) electrons. The Balaban J connectivity index is 1.32. The maximum Gasteiger partial charge on any atom is 0.187 e. The smallest absolute Gasteiger partial charge is 0.187 e. The normalized spacial score (nSPS) is 52.4. The van der Waals surface area contributed by atoms with E-state index in [9.17, 15) is 35.7 Å². The number of hydrogen-bond acceptors (Lipinski definition) is 15. The molecule has 40 heavy (non-hydrogen) atoms. The summed E-state index contributed by atoms with van der Waals surface area (Å²) in [5.41, 5.74) is 0. The Bertz CT molecular complexity index is 765. The first kappa shape index (κ1) is 32.3. The van der Waals surface area contributed by atoms with E-state index in [2.05, 4.69) is 0 Å². The largest absolute Gasteiger partial charge is 0.394 e. The van der Waals surface area contributed by atoms with Gasteiger partial charge in [-0.15, -0.1) is 0 Å². The van der Waals surface area contributed by atoms with Gasteiger partial charge in [0.25, 0.3) is 0 Å². The summed E-state index contributed by atoms with van der Waals surface area (Å²) in [6, 6.07) is 0. The van der Waals surface area contributed by atoms with E-state index < -0.39 is 111 Å². The predicted octanol–water partition coefficient (Wildman–Crippen LogP) is -2.92. The molecule has 4 saturated heterocycles. The van der Waals surface area contributed by atoms with Crippen LogP contribution < -0.4 is 0 Å². The Morgan fingerprint density at radius 2 is 1.18 bits per heavy atom. The molecule has 0 amide bonds. The summed E-state index contributed by atoms with van der Waals surface area (Å²) in [5.74, 6) is 0. The van der Waals surface area contributed by atoms with Crippen molar-refractivity contribution in [1.29, 1.82) is 0 Å². The molecule has 4 heterocycles. The lowest BCUT2D eigenvalue weighted by molar-refractivity contribution is -0.355. The highest BCUT2D eigenvalue weighted by Gasteiger charge is 2.49. The van der Waals surface area contributed by atoms with Crippen molar-refractivity contribution < 1.29 is 73.6 Å². The second-order valence-electron chi connectivity index (χ2n) is 11.0. The summed E-state index contributed by atoms with van der Waals surface area (Å²) in [5, 5.41) is 70.7. The van der Waals surface area contributed by atoms with E-state index in [0.29, 0.717) is 0 Å². The van der Waals surface area contributed by atoms with Crippen LogP contribution in [0.1, 0.15) is 40.0 Å². The first-order valence-electron chi connectivity index (χ1n) is 13.7. The SMILES string of the molecule is CO[C@@H]1C[C@H](O[C@H]2[C@@H](O)C[C@H](O[C@H]3[C@@H](O)C[C@H](O)O[C@@H]3C)O[C@@H]2C)O[C@H](C)[C@H]1O[C@@H]1O[C@H](CO)[C@@H](O)[C@H](O)[C@H]1O. The first-order valence-corrected chi connectivity index (χ1v) is 13.7. The molecule has 0 spiro atoms. The minimum absolute atomic E-state index is 0.00450. The summed E-state index contributed by atoms with van der Waals surface area (Å²) in [7, 11) is 1.47. The third kappa shape index (κ3) is 7.12. The molecular formula is C25H44O15. The average molecular weight is 585 g/mol. The van der Waals surface area contributed by atoms with Crippen LogP contribution in [0, 0.1) is 0 Å². The van der Waals surface area contributed by atoms with Crippen molar-refractivity contribution in [2.45, 2.75) is 145 Å². The molecule has 15 nitrogen and oxygen atoms in total. The maximum absolute atomic E-state index is 10.9. The predicted molar refractivity (Wildman–Crippen MR) is 130 cm³/mol. The molecule has 7 N–H and O–H groups in total. The van der Waals surface area contributed by atoms with Gasteiger partial charge in [0.05, 0.1) is 43.2 Å². The third-order valence-corrected chi connectivity index (χ3v) is 7.98. The van der Waals surface area contributed by atoms with Gasteiger partial charge in [0, 0.05) is 26.4 Å². The molecule has 0 aromatic carbocycles. The van der Waals surface area contributed by atoms with Gasteiger partial charge in [-0.05, 0) is 20.8 Å². The molecule has 17 atom stereocenters. The minimum atomic E-state index is -1.58. The quantitative estimate of drug-likeness (QED) is 0.152. The van der Waals surface area contributed by atoms with Crippen molar-refractivity contribution in [2.75, 3.05) is 13.7 Å². The van der Waals surface area contributed by atoms with Crippen molar-refractivity contribution in [1.82, 2.24) is 0 Å². The molecule has 0 unspecified atom stereocenters. The second kappa shape index (κ2) is 13.8. The van der Waals surface area contributed by atoms with Crippen LogP contribution in [0.25, 0.3) is 0 Å². The van der Waals surface area contributed by atoms with Crippen LogP contribution in [0.15, 0.2) is 0 Å². The van der Waals surface area contributed by atoms with Crippen molar-refractivity contribution in [2.24, 2.45) is 0 Å². The summed E-state index contributed by atoms with van der Waals surface area (Å²) in [4.78, 5) is 0. The Morgan fingerprint density at radius 3 is 1.73 bits per heavy atom. The summed E-state index contributed by atoms with van der Waals surface area (Å²) >= 11 is 0. The molecule has 0 aromatic heterocycles. The molecule has 0 saturated carbocycles. The molecular weight excluding hydrogens is 540 g/mol. The van der Waals surface area contributed by atoms with E-state index in [1.54, 1.807) is 20.8 Å². The van der Waals surface area contributed by atoms with Gasteiger partial charge in [0.15, 0.2) is 25.2 Å². The van der Waals surface area contributed by atoms with Crippen LogP contribution in [-0.4, -0.2) is 154 Å². The zero-order valence-electron chi connectivity index (χ0n) is 23.0. The highest BCUT2D eigenvalue weighted by molar-refractivity contribution is 4.92. The van der Waals surface area contributed by atoms with E-state index in [1.807, 2.05) is 0 Å². The van der Waals surface area contributed by atoms with Crippen LogP contribution in [0.5, 0.6) is 0 Å². The number of ether oxygens (including phenoxy) is 8. The molecule has 0 aliphatic carbocycles. The van der Waals surface area contributed by atoms with Gasteiger partial charge < -0.3 is 73.6 Å². The van der Waals surface area contributed by atoms with Crippen molar-refractivity contribution >= 4 is 0 Å². The minimum Gasteiger partial charge on any atom is -0.394 e. The van der Waals surface area contributed by atoms with Gasteiger partial charge in [-0.1, -0.05) is 0 Å². The van der Waals surface area contributed by atoms with E-state index in [1.165, 1.54) is 7.11 Å². The standard InChI is InChI=1S/C25H44O15/c1-9-22(12(27)5-16(29)34-9)38-17-6-13(28)23(10(2)35-17)39-18-7-14(33-4)24(11(3)36-18)40-25-21(32)20(31)19(30)15(8-26)37-25/h9-32H,5-8H2,1-4H3/t9-,10-,11-,12+,13+,14-,15-,16-,17+,18+,19-,20+,21-,22-,23-,24-,25+/m1/s1. The fraction of sp³-hybridized carbons (Fsp3) is 1.00. The Hall–Kier alpha value is -0.600. The number of rotatable bonds is 8. The van der Waals surface area contributed by atoms with E-state index in [4.69, 9.17) is 37.9 Å². The molecule has 234 valence electrons. The molecule has 0 aromatic rings. The fourth-order valence-electron chi connectivity index (χ4n) is 5.74. The van der Waals surface area contributed by atoms with Crippen molar-refractivity contribution in [3.05, 3.63) is 0 Å². The topological polar surface area (TPSA) is 215 Å². The average Bonchev–Trinajstić information content (AvgIpc) is 2.89. The van der Waals surface area contributed by atoms with Gasteiger partial charge >= 0.3 is 0 Å². The highest BCUT2D eigenvalue weighted by atomic mass is 16.8. The molecule has 0 bridgehead atoms. The molecule has 4 rings (SSSR count). The van der Waals surface area contributed by atoms with Gasteiger partial charge in [-0.2, -0.15) is 0 Å². The van der Waals surface area contributed by atoms with Gasteiger partial charge in [0.2, 0.25) is 0 Å². The van der Waals surface area contributed by atoms with Crippen LogP contribution in [0.4, 0.5) is 0 Å². The van der Waals surface area contributed by atoms with Crippen LogP contribution in [-0.2, 0) is 37.9 Å². The van der Waals surface area contributed by atoms with E-state index >= 15 is 0 Å². The number of aliphatic hydroxyl groups excluding tert-OH is 7. The molecule has 4 aliphatic rings. The van der Waals surface area contributed by atoms with Gasteiger partial charge in [-0.3, -0.25) is 0 Å². The lowest BCUT2D eigenvalue weighted by Crippen LogP contribution is -2.62. The Morgan fingerprint density at radius 1 is 0.625 bits per heavy atom. The number of hydrogen-bond donors (Lipinski definition) is 7. The zero-order valence-corrected chi connectivity index (χ0v) is 23.0. The number of aliphatic hydroxyl groups is 7. The zero-order chi connectivity index (χ0) is 29.3. The Kier molecular flexibility index (Phi) is 11.1. The highest BCUT2D eigenvalue weighted by Crippen LogP contribution is 2.34. The second-order valence-corrected chi connectivity index (χ2v) is 11.0. The van der Waals surface area contributed by atoms with Crippen LogP contribution in [0.2, 0.25) is 0 Å². The molecule has 15 heteroatoms. The van der Waals surface area contributed by atoms with Crippen molar-refractivity contribution in [3.8, 4) is 0 Å². The van der Waals surface area contributed by atoms with Gasteiger partial charge in [0.1, 0.15) is 42.7 Å². The van der Waals surface area contributed by atoms with Gasteiger partial charge in [-0.25, -0.2) is 0 Å². The monoisotopic (exact) mass is 584 g/mol.